The van der Waals surface area contributed by atoms with Gasteiger partial charge < -0.3 is 5.11 Å². The molecule has 1 unspecified atom stereocenters. The first-order valence-corrected chi connectivity index (χ1v) is 5.69. The van der Waals surface area contributed by atoms with Crippen LogP contribution in [-0.4, -0.2) is 16.3 Å². The molecule has 1 aromatic heterocycles. The van der Waals surface area contributed by atoms with Gasteiger partial charge in [-0.25, -0.2) is 0 Å². The van der Waals surface area contributed by atoms with Gasteiger partial charge in [0.1, 0.15) is 0 Å². The minimum atomic E-state index is -4.89. The van der Waals surface area contributed by atoms with Gasteiger partial charge in [0.25, 0.3) is 0 Å². The Bertz CT molecular complexity index is 574. The summed E-state index contributed by atoms with van der Waals surface area (Å²) in [6.45, 7) is 0. The van der Waals surface area contributed by atoms with Crippen LogP contribution in [0.5, 0.6) is 0 Å². The first-order valence-electron chi connectivity index (χ1n) is 5.31. The van der Waals surface area contributed by atoms with Gasteiger partial charge in [0.2, 0.25) is 5.60 Å². The summed E-state index contributed by atoms with van der Waals surface area (Å²) in [6.07, 6.45) is -2.58. The highest BCUT2D eigenvalue weighted by Crippen LogP contribution is 2.44. The van der Waals surface area contributed by atoms with E-state index in [9.17, 15) is 18.3 Å². The number of rotatable bonds is 2. The summed E-state index contributed by atoms with van der Waals surface area (Å²) in [5.74, 6) is 0. The third kappa shape index (κ3) is 2.43. The molecule has 0 aliphatic heterocycles. The smallest absolute Gasteiger partial charge is 0.372 e. The van der Waals surface area contributed by atoms with Gasteiger partial charge in [-0.1, -0.05) is 29.8 Å². The Morgan fingerprint density at radius 3 is 2.26 bits per heavy atom. The van der Waals surface area contributed by atoms with E-state index in [1.165, 1.54) is 36.5 Å². The lowest BCUT2D eigenvalue weighted by molar-refractivity contribution is -0.248. The SMILES string of the molecule is OC(c1cccnc1)(c1cccc(Cl)c1)C(F)(F)F. The molecule has 0 aliphatic carbocycles. The molecule has 19 heavy (non-hydrogen) atoms. The van der Waals surface area contributed by atoms with Gasteiger partial charge in [-0.05, 0) is 23.8 Å². The molecule has 0 saturated heterocycles. The number of aliphatic hydroxyl groups is 1. The van der Waals surface area contributed by atoms with E-state index >= 15 is 0 Å². The van der Waals surface area contributed by atoms with Crippen LogP contribution in [0.2, 0.25) is 5.02 Å². The molecule has 100 valence electrons. The van der Waals surface area contributed by atoms with Crippen LogP contribution in [0.3, 0.4) is 0 Å². The molecule has 0 spiro atoms. The predicted molar refractivity (Wildman–Crippen MR) is 64.7 cm³/mol. The van der Waals surface area contributed by atoms with Crippen molar-refractivity contribution in [3.63, 3.8) is 0 Å². The van der Waals surface area contributed by atoms with Gasteiger partial charge in [-0.3, -0.25) is 4.98 Å². The first kappa shape index (κ1) is 13.8. The summed E-state index contributed by atoms with van der Waals surface area (Å²) in [5, 5.41) is 10.3. The molecule has 2 rings (SSSR count). The number of benzene rings is 1. The second kappa shape index (κ2) is 4.83. The fourth-order valence-electron chi connectivity index (χ4n) is 1.78. The predicted octanol–water partition coefficient (Wildman–Crippen LogP) is 3.53. The highest BCUT2D eigenvalue weighted by molar-refractivity contribution is 6.30. The van der Waals surface area contributed by atoms with Gasteiger partial charge in [0.15, 0.2) is 0 Å². The average molecular weight is 288 g/mol. The first-order chi connectivity index (χ1) is 8.85. The Morgan fingerprint density at radius 2 is 1.74 bits per heavy atom. The zero-order chi connectivity index (χ0) is 14.1. The van der Waals surface area contributed by atoms with Crippen LogP contribution in [0, 0.1) is 0 Å². The molecular weight excluding hydrogens is 279 g/mol. The van der Waals surface area contributed by atoms with Gasteiger partial charge in [0, 0.05) is 23.0 Å². The minimum absolute atomic E-state index is 0.115. The summed E-state index contributed by atoms with van der Waals surface area (Å²) in [7, 11) is 0. The van der Waals surface area contributed by atoms with Gasteiger partial charge in [-0.15, -0.1) is 0 Å². The normalized spacial score (nSPS) is 15.0. The molecule has 6 heteroatoms. The summed E-state index contributed by atoms with van der Waals surface area (Å²) in [6, 6.07) is 7.54. The van der Waals surface area contributed by atoms with Crippen molar-refractivity contribution in [1.82, 2.24) is 4.98 Å². The molecule has 1 N–H and O–H groups in total. The van der Waals surface area contributed by atoms with E-state index in [2.05, 4.69) is 4.98 Å². The molecule has 2 aromatic rings. The van der Waals surface area contributed by atoms with Crippen molar-refractivity contribution in [3.8, 4) is 0 Å². The van der Waals surface area contributed by atoms with Crippen molar-refractivity contribution in [2.45, 2.75) is 11.8 Å². The van der Waals surface area contributed by atoms with Crippen molar-refractivity contribution in [1.29, 1.82) is 0 Å². The van der Waals surface area contributed by atoms with Crippen molar-refractivity contribution in [2.75, 3.05) is 0 Å². The van der Waals surface area contributed by atoms with E-state index in [4.69, 9.17) is 11.6 Å². The largest absolute Gasteiger partial charge is 0.425 e. The summed E-state index contributed by atoms with van der Waals surface area (Å²) in [4.78, 5) is 3.62. The molecule has 0 amide bonds. The standard InChI is InChI=1S/C13H9ClF3NO/c14-11-5-1-3-9(7-11)12(19,13(15,16)17)10-4-2-6-18-8-10/h1-8,19H. The van der Waals surface area contributed by atoms with E-state index < -0.39 is 11.8 Å². The molecular formula is C13H9ClF3NO. The van der Waals surface area contributed by atoms with Crippen LogP contribution in [0.4, 0.5) is 13.2 Å². The fourth-order valence-corrected chi connectivity index (χ4v) is 1.97. The highest BCUT2D eigenvalue weighted by Gasteiger charge is 2.56. The Morgan fingerprint density at radius 1 is 1.05 bits per heavy atom. The van der Waals surface area contributed by atoms with Gasteiger partial charge in [-0.2, -0.15) is 13.2 Å². The van der Waals surface area contributed by atoms with Crippen LogP contribution < -0.4 is 0 Å². The maximum Gasteiger partial charge on any atom is 0.425 e. The molecule has 0 radical (unpaired) electrons. The van der Waals surface area contributed by atoms with Crippen molar-refractivity contribution >= 4 is 11.6 Å². The number of alkyl halides is 3. The highest BCUT2D eigenvalue weighted by atomic mass is 35.5. The lowest BCUT2D eigenvalue weighted by atomic mass is 9.86. The third-order valence-corrected chi connectivity index (χ3v) is 2.97. The number of halogens is 4. The molecule has 1 atom stereocenters. The second-order valence-corrected chi connectivity index (χ2v) is 4.40. The Hall–Kier alpha value is -1.59. The van der Waals surface area contributed by atoms with Crippen molar-refractivity contribution < 1.29 is 18.3 Å². The Balaban J connectivity index is 2.66. The Kier molecular flexibility index (Phi) is 3.52. The number of hydrogen-bond acceptors (Lipinski definition) is 2. The maximum atomic E-state index is 13.3. The fraction of sp³-hybridized carbons (Fsp3) is 0.154. The zero-order valence-electron chi connectivity index (χ0n) is 9.53. The van der Waals surface area contributed by atoms with Crippen LogP contribution in [0.15, 0.2) is 48.8 Å². The van der Waals surface area contributed by atoms with Gasteiger partial charge >= 0.3 is 6.18 Å². The number of hydrogen-bond donors (Lipinski definition) is 1. The summed E-state index contributed by atoms with van der Waals surface area (Å²) < 4.78 is 39.9. The van der Waals surface area contributed by atoms with E-state index in [0.29, 0.717) is 0 Å². The molecule has 1 heterocycles. The van der Waals surface area contributed by atoms with Crippen molar-refractivity contribution in [2.24, 2.45) is 0 Å². The van der Waals surface area contributed by atoms with Crippen LogP contribution in [0.1, 0.15) is 11.1 Å². The van der Waals surface area contributed by atoms with Gasteiger partial charge in [0.05, 0.1) is 0 Å². The second-order valence-electron chi connectivity index (χ2n) is 3.96. The monoisotopic (exact) mass is 287 g/mol. The zero-order valence-corrected chi connectivity index (χ0v) is 10.3. The third-order valence-electron chi connectivity index (χ3n) is 2.73. The molecule has 1 aromatic carbocycles. The summed E-state index contributed by atoms with van der Waals surface area (Å²) >= 11 is 5.69. The molecule has 2 nitrogen and oxygen atoms in total. The number of pyridine rings is 1. The molecule has 0 saturated carbocycles. The van der Waals surface area contributed by atoms with Crippen LogP contribution in [-0.2, 0) is 5.60 Å². The van der Waals surface area contributed by atoms with E-state index in [1.807, 2.05) is 0 Å². The van der Waals surface area contributed by atoms with Crippen molar-refractivity contribution in [3.05, 3.63) is 64.9 Å². The summed E-state index contributed by atoms with van der Waals surface area (Å²) in [5.41, 5.74) is -3.84. The lowest BCUT2D eigenvalue weighted by Crippen LogP contribution is -2.43. The van der Waals surface area contributed by atoms with E-state index in [-0.39, 0.29) is 16.1 Å². The number of aromatic nitrogens is 1. The molecule has 0 aliphatic rings. The topological polar surface area (TPSA) is 33.1 Å². The number of nitrogens with zero attached hydrogens (tertiary/aromatic N) is 1. The molecule has 0 bridgehead atoms. The maximum absolute atomic E-state index is 13.3. The van der Waals surface area contributed by atoms with E-state index in [1.54, 1.807) is 0 Å². The lowest BCUT2D eigenvalue weighted by Gasteiger charge is -2.31. The minimum Gasteiger partial charge on any atom is -0.372 e. The van der Waals surface area contributed by atoms with E-state index in [0.717, 1.165) is 12.3 Å². The van der Waals surface area contributed by atoms with Crippen LogP contribution in [0.25, 0.3) is 0 Å². The molecule has 0 fully saturated rings. The van der Waals surface area contributed by atoms with Crippen LogP contribution >= 0.6 is 11.6 Å². The quantitative estimate of drug-likeness (QED) is 0.916. The Labute approximate surface area is 112 Å². The average Bonchev–Trinajstić information content (AvgIpc) is 2.37.